The fraction of sp³-hybridized carbons (Fsp3) is 1.00. The van der Waals surface area contributed by atoms with Crippen molar-refractivity contribution in [3.63, 3.8) is 0 Å². The van der Waals surface area contributed by atoms with Gasteiger partial charge in [-0.05, 0) is 71.4 Å². The van der Waals surface area contributed by atoms with Crippen molar-refractivity contribution in [1.29, 1.82) is 0 Å². The third kappa shape index (κ3) is 2.41. The summed E-state index contributed by atoms with van der Waals surface area (Å²) >= 11 is 0. The van der Waals surface area contributed by atoms with Gasteiger partial charge < -0.3 is 15.5 Å². The van der Waals surface area contributed by atoms with Gasteiger partial charge in [0.1, 0.15) is 0 Å². The van der Waals surface area contributed by atoms with Crippen molar-refractivity contribution in [1.82, 2.24) is 14.7 Å². The van der Waals surface area contributed by atoms with Crippen molar-refractivity contribution in [2.24, 2.45) is 11.7 Å². The van der Waals surface area contributed by atoms with Crippen LogP contribution in [0.1, 0.15) is 32.6 Å². The number of piperidine rings is 4. The maximum Gasteiger partial charge on any atom is 0.0487 e. The van der Waals surface area contributed by atoms with E-state index in [9.17, 15) is 0 Å². The Kier molecular flexibility index (Phi) is 4.37. The maximum atomic E-state index is 6.31. The molecule has 0 spiro atoms. The molecule has 0 aromatic rings. The van der Waals surface area contributed by atoms with E-state index in [-0.39, 0.29) is 5.54 Å². The molecule has 0 aromatic heterocycles. The number of rotatable bonds is 4. The Morgan fingerprint density at radius 3 is 2.20 bits per heavy atom. The summed E-state index contributed by atoms with van der Waals surface area (Å²) in [7, 11) is 2.36. The molecule has 2 bridgehead atoms. The number of likely N-dealkylation sites (N-methyl/N-ethyl adjacent to an activating group) is 1. The second kappa shape index (κ2) is 5.91. The van der Waals surface area contributed by atoms with E-state index in [0.29, 0.717) is 0 Å². The molecule has 4 heteroatoms. The fourth-order valence-electron chi connectivity index (χ4n) is 4.91. The lowest BCUT2D eigenvalue weighted by molar-refractivity contribution is -0.0812. The van der Waals surface area contributed by atoms with Gasteiger partial charge in [0.05, 0.1) is 0 Å². The normalized spacial score (nSPS) is 39.6. The standard InChI is InChI=1S/C16H32N4/c1-3-19-10-6-15(7-11-19)18(2)16(12-17)13-20-8-4-14(16)5-9-20/h14-15H,3-13,17H2,1-2H3. The zero-order chi connectivity index (χ0) is 14.2. The molecule has 0 aromatic carbocycles. The van der Waals surface area contributed by atoms with Crippen LogP contribution in [0.4, 0.5) is 0 Å². The molecular weight excluding hydrogens is 248 g/mol. The summed E-state index contributed by atoms with van der Waals surface area (Å²) in [6, 6.07) is 0.738. The molecule has 1 unspecified atom stereocenters. The molecule has 4 heterocycles. The average molecular weight is 280 g/mol. The van der Waals surface area contributed by atoms with Gasteiger partial charge in [-0.2, -0.15) is 0 Å². The van der Waals surface area contributed by atoms with Crippen LogP contribution in [-0.2, 0) is 0 Å². The Labute approximate surface area is 124 Å². The van der Waals surface area contributed by atoms with Gasteiger partial charge in [0.2, 0.25) is 0 Å². The summed E-state index contributed by atoms with van der Waals surface area (Å²) in [6.07, 6.45) is 5.35. The number of fused-ring (bicyclic) bond motifs is 3. The molecule has 0 radical (unpaired) electrons. The third-order valence-corrected chi connectivity index (χ3v) is 6.45. The topological polar surface area (TPSA) is 35.7 Å². The number of nitrogens with zero attached hydrogens (tertiary/aromatic N) is 3. The van der Waals surface area contributed by atoms with E-state index in [1.807, 2.05) is 0 Å². The van der Waals surface area contributed by atoms with Crippen LogP contribution in [0.25, 0.3) is 0 Å². The lowest BCUT2D eigenvalue weighted by Gasteiger charge is -2.59. The van der Waals surface area contributed by atoms with Crippen LogP contribution in [0.5, 0.6) is 0 Å². The minimum absolute atomic E-state index is 0.259. The van der Waals surface area contributed by atoms with Gasteiger partial charge in [-0.25, -0.2) is 0 Å². The van der Waals surface area contributed by atoms with Crippen LogP contribution in [0, 0.1) is 5.92 Å². The molecule has 4 fully saturated rings. The van der Waals surface area contributed by atoms with E-state index in [1.165, 1.54) is 65.0 Å². The Bertz CT molecular complexity index is 318. The van der Waals surface area contributed by atoms with Crippen LogP contribution < -0.4 is 5.73 Å². The fourth-order valence-corrected chi connectivity index (χ4v) is 4.91. The Hall–Kier alpha value is -0.160. The quantitative estimate of drug-likeness (QED) is 0.827. The van der Waals surface area contributed by atoms with Crippen LogP contribution in [0.15, 0.2) is 0 Å². The highest BCUT2D eigenvalue weighted by atomic mass is 15.3. The largest absolute Gasteiger partial charge is 0.329 e. The van der Waals surface area contributed by atoms with E-state index in [1.54, 1.807) is 0 Å². The first kappa shape index (κ1) is 14.8. The zero-order valence-corrected chi connectivity index (χ0v) is 13.4. The van der Waals surface area contributed by atoms with Crippen LogP contribution in [-0.4, -0.2) is 79.1 Å². The average Bonchev–Trinajstić information content (AvgIpc) is 2.55. The van der Waals surface area contributed by atoms with Crippen LogP contribution in [0.3, 0.4) is 0 Å². The molecule has 0 amide bonds. The van der Waals surface area contributed by atoms with Gasteiger partial charge in [-0.1, -0.05) is 6.92 Å². The van der Waals surface area contributed by atoms with E-state index in [4.69, 9.17) is 5.73 Å². The second-order valence-corrected chi connectivity index (χ2v) is 7.13. The summed E-state index contributed by atoms with van der Waals surface area (Å²) in [5.41, 5.74) is 6.57. The SMILES string of the molecule is CCN1CCC(N(C)C2(CN)CN3CCC2CC3)CC1. The van der Waals surface area contributed by atoms with Crippen molar-refractivity contribution in [3.8, 4) is 0 Å². The van der Waals surface area contributed by atoms with Crippen molar-refractivity contribution >= 4 is 0 Å². The highest BCUT2D eigenvalue weighted by molar-refractivity contribution is 5.07. The lowest BCUT2D eigenvalue weighted by Crippen LogP contribution is -2.71. The zero-order valence-electron chi connectivity index (χ0n) is 13.4. The van der Waals surface area contributed by atoms with E-state index < -0.39 is 0 Å². The monoisotopic (exact) mass is 280 g/mol. The molecule has 0 saturated carbocycles. The van der Waals surface area contributed by atoms with Gasteiger partial charge in [-0.15, -0.1) is 0 Å². The number of hydrogen-bond donors (Lipinski definition) is 1. The smallest absolute Gasteiger partial charge is 0.0487 e. The Morgan fingerprint density at radius 2 is 1.75 bits per heavy atom. The first-order valence-corrected chi connectivity index (χ1v) is 8.57. The number of nitrogens with two attached hydrogens (primary N) is 1. The third-order valence-electron chi connectivity index (χ3n) is 6.45. The predicted octanol–water partition coefficient (Wildman–Crippen LogP) is 0.826. The summed E-state index contributed by atoms with van der Waals surface area (Å²) in [5.74, 6) is 0.826. The van der Waals surface area contributed by atoms with Gasteiger partial charge in [0.25, 0.3) is 0 Å². The Morgan fingerprint density at radius 1 is 1.10 bits per heavy atom. The number of likely N-dealkylation sites (tertiary alicyclic amines) is 1. The van der Waals surface area contributed by atoms with Crippen molar-refractivity contribution < 1.29 is 0 Å². The first-order chi connectivity index (χ1) is 9.69. The molecule has 4 rings (SSSR count). The van der Waals surface area contributed by atoms with Crippen LogP contribution in [0.2, 0.25) is 0 Å². The van der Waals surface area contributed by atoms with Crippen molar-refractivity contribution in [2.75, 3.05) is 52.9 Å². The summed E-state index contributed by atoms with van der Waals surface area (Å²) in [5, 5.41) is 0. The van der Waals surface area contributed by atoms with E-state index in [0.717, 1.165) is 18.5 Å². The molecule has 4 saturated heterocycles. The number of hydrogen-bond acceptors (Lipinski definition) is 4. The molecule has 2 N–H and O–H groups in total. The summed E-state index contributed by atoms with van der Waals surface area (Å²) in [4.78, 5) is 7.93. The molecule has 116 valence electrons. The molecule has 0 aliphatic carbocycles. The van der Waals surface area contributed by atoms with Crippen LogP contribution >= 0.6 is 0 Å². The first-order valence-electron chi connectivity index (χ1n) is 8.57. The minimum Gasteiger partial charge on any atom is -0.329 e. The van der Waals surface area contributed by atoms with Gasteiger partial charge in [-0.3, -0.25) is 4.90 Å². The lowest BCUT2D eigenvalue weighted by atomic mass is 9.71. The molecule has 20 heavy (non-hydrogen) atoms. The molecular formula is C16H32N4. The molecule has 4 nitrogen and oxygen atoms in total. The van der Waals surface area contributed by atoms with E-state index >= 15 is 0 Å². The predicted molar refractivity (Wildman–Crippen MR) is 83.8 cm³/mol. The minimum atomic E-state index is 0.259. The summed E-state index contributed by atoms with van der Waals surface area (Å²) < 4.78 is 0. The highest BCUT2D eigenvalue weighted by Crippen LogP contribution is 2.40. The van der Waals surface area contributed by atoms with Gasteiger partial charge in [0, 0.05) is 24.7 Å². The molecule has 4 aliphatic rings. The van der Waals surface area contributed by atoms with Crippen molar-refractivity contribution in [3.05, 3.63) is 0 Å². The van der Waals surface area contributed by atoms with E-state index in [2.05, 4.69) is 28.7 Å². The maximum absolute atomic E-state index is 6.31. The second-order valence-electron chi connectivity index (χ2n) is 7.13. The van der Waals surface area contributed by atoms with Gasteiger partial charge >= 0.3 is 0 Å². The summed E-state index contributed by atoms with van der Waals surface area (Å²) in [6.45, 7) is 10.6. The van der Waals surface area contributed by atoms with Crippen molar-refractivity contribution in [2.45, 2.75) is 44.2 Å². The molecule has 1 atom stereocenters. The highest BCUT2D eigenvalue weighted by Gasteiger charge is 2.49. The van der Waals surface area contributed by atoms with Gasteiger partial charge in [0.15, 0.2) is 0 Å². The molecule has 4 aliphatic heterocycles. The Balaban J connectivity index is 1.70.